The standard InChI is InChI=1S/C17H29N5O2S/c1-2-3-15-25(23,24)22-13-11-20(12-14-22)16-7-8-18-17(19-16)21-9-5-4-6-10-21/h7-8H,2-6,9-15H2,1H3. The van der Waals surface area contributed by atoms with Crippen LogP contribution in [-0.2, 0) is 10.0 Å². The fourth-order valence-electron chi connectivity index (χ4n) is 3.41. The molecule has 0 aliphatic carbocycles. The van der Waals surface area contributed by atoms with Crippen LogP contribution in [0.25, 0.3) is 0 Å². The van der Waals surface area contributed by atoms with Crippen LogP contribution in [0.5, 0.6) is 0 Å². The molecule has 3 heterocycles. The van der Waals surface area contributed by atoms with Gasteiger partial charge in [0.25, 0.3) is 0 Å². The highest BCUT2D eigenvalue weighted by atomic mass is 32.2. The third kappa shape index (κ3) is 4.61. The third-order valence-corrected chi connectivity index (χ3v) is 6.94. The van der Waals surface area contributed by atoms with Gasteiger partial charge in [-0.05, 0) is 31.7 Å². The van der Waals surface area contributed by atoms with Crippen molar-refractivity contribution in [3.63, 3.8) is 0 Å². The maximum Gasteiger partial charge on any atom is 0.227 e. The van der Waals surface area contributed by atoms with Gasteiger partial charge >= 0.3 is 0 Å². The number of piperidine rings is 1. The molecule has 7 nitrogen and oxygen atoms in total. The zero-order chi connectivity index (χ0) is 17.7. The summed E-state index contributed by atoms with van der Waals surface area (Å²) in [6, 6.07) is 1.93. The summed E-state index contributed by atoms with van der Waals surface area (Å²) in [5.74, 6) is 1.97. The van der Waals surface area contributed by atoms with E-state index in [-0.39, 0.29) is 5.75 Å². The molecule has 2 aliphatic heterocycles. The molecular formula is C17H29N5O2S. The van der Waals surface area contributed by atoms with Crippen LogP contribution < -0.4 is 9.80 Å². The largest absolute Gasteiger partial charge is 0.354 e. The first-order valence-corrected chi connectivity index (χ1v) is 11.0. The van der Waals surface area contributed by atoms with E-state index >= 15 is 0 Å². The predicted octanol–water partition coefficient (Wildman–Crippen LogP) is 1.72. The van der Waals surface area contributed by atoms with Gasteiger partial charge < -0.3 is 9.80 Å². The zero-order valence-corrected chi connectivity index (χ0v) is 15.9. The van der Waals surface area contributed by atoms with Gasteiger partial charge in [0, 0.05) is 45.5 Å². The van der Waals surface area contributed by atoms with Crippen molar-refractivity contribution < 1.29 is 8.42 Å². The second-order valence-corrected chi connectivity index (χ2v) is 8.91. The minimum absolute atomic E-state index is 0.260. The summed E-state index contributed by atoms with van der Waals surface area (Å²) in [6.07, 6.45) is 7.12. The first kappa shape index (κ1) is 18.4. The van der Waals surface area contributed by atoms with Crippen molar-refractivity contribution in [3.05, 3.63) is 12.3 Å². The third-order valence-electron chi connectivity index (χ3n) is 4.98. The number of unbranched alkanes of at least 4 members (excludes halogenated alkanes) is 1. The van der Waals surface area contributed by atoms with Crippen LogP contribution in [0.15, 0.2) is 12.3 Å². The monoisotopic (exact) mass is 367 g/mol. The van der Waals surface area contributed by atoms with Gasteiger partial charge in [-0.1, -0.05) is 13.3 Å². The molecule has 3 rings (SSSR count). The van der Waals surface area contributed by atoms with Gasteiger partial charge in [0.1, 0.15) is 5.82 Å². The number of hydrogen-bond donors (Lipinski definition) is 0. The Morgan fingerprint density at radius 2 is 1.72 bits per heavy atom. The lowest BCUT2D eigenvalue weighted by Gasteiger charge is -2.35. The van der Waals surface area contributed by atoms with Crippen molar-refractivity contribution in [2.45, 2.75) is 39.0 Å². The fourth-order valence-corrected chi connectivity index (χ4v) is 5.04. The minimum atomic E-state index is -3.11. The lowest BCUT2D eigenvalue weighted by atomic mass is 10.1. The highest BCUT2D eigenvalue weighted by Crippen LogP contribution is 2.20. The summed E-state index contributed by atoms with van der Waals surface area (Å²) in [4.78, 5) is 13.6. The van der Waals surface area contributed by atoms with Crippen LogP contribution in [0, 0.1) is 0 Å². The maximum atomic E-state index is 12.3. The lowest BCUT2D eigenvalue weighted by molar-refractivity contribution is 0.383. The van der Waals surface area contributed by atoms with E-state index in [1.54, 1.807) is 4.31 Å². The molecule has 8 heteroatoms. The molecule has 0 atom stereocenters. The van der Waals surface area contributed by atoms with Crippen LogP contribution in [0.1, 0.15) is 39.0 Å². The van der Waals surface area contributed by atoms with Crippen molar-refractivity contribution in [1.29, 1.82) is 0 Å². The molecule has 2 fully saturated rings. The topological polar surface area (TPSA) is 69.6 Å². The molecule has 0 aromatic carbocycles. The van der Waals surface area contributed by atoms with E-state index in [4.69, 9.17) is 4.98 Å². The molecule has 2 aliphatic rings. The second-order valence-electron chi connectivity index (χ2n) is 6.82. The van der Waals surface area contributed by atoms with Crippen LogP contribution in [0.2, 0.25) is 0 Å². The van der Waals surface area contributed by atoms with E-state index in [9.17, 15) is 8.42 Å². The molecule has 0 saturated carbocycles. The Hall–Kier alpha value is -1.41. The summed E-state index contributed by atoms with van der Waals surface area (Å²) < 4.78 is 26.3. The van der Waals surface area contributed by atoms with Gasteiger partial charge in [-0.25, -0.2) is 13.4 Å². The van der Waals surface area contributed by atoms with Gasteiger partial charge in [-0.3, -0.25) is 0 Å². The maximum absolute atomic E-state index is 12.3. The minimum Gasteiger partial charge on any atom is -0.354 e. The number of sulfonamides is 1. The summed E-state index contributed by atoms with van der Waals surface area (Å²) in [6.45, 7) is 6.50. The first-order chi connectivity index (χ1) is 12.1. The fraction of sp³-hybridized carbons (Fsp3) is 0.765. The van der Waals surface area contributed by atoms with E-state index in [0.717, 1.165) is 37.7 Å². The smallest absolute Gasteiger partial charge is 0.227 e. The molecule has 0 N–H and O–H groups in total. The highest BCUT2D eigenvalue weighted by molar-refractivity contribution is 7.89. The Labute approximate surface area is 151 Å². The molecule has 1 aromatic heterocycles. The van der Waals surface area contributed by atoms with Crippen molar-refractivity contribution in [3.8, 4) is 0 Å². The first-order valence-electron chi connectivity index (χ1n) is 9.41. The Balaban J connectivity index is 1.61. The van der Waals surface area contributed by atoms with Crippen molar-refractivity contribution in [2.24, 2.45) is 0 Å². The Morgan fingerprint density at radius 1 is 1.00 bits per heavy atom. The summed E-state index contributed by atoms with van der Waals surface area (Å²) >= 11 is 0. The number of rotatable bonds is 6. The van der Waals surface area contributed by atoms with Crippen molar-refractivity contribution in [2.75, 3.05) is 54.8 Å². The average Bonchev–Trinajstić information content (AvgIpc) is 2.67. The molecule has 0 radical (unpaired) electrons. The Bertz CT molecular complexity index is 653. The lowest BCUT2D eigenvalue weighted by Crippen LogP contribution is -2.49. The average molecular weight is 368 g/mol. The molecular weight excluding hydrogens is 338 g/mol. The molecule has 0 unspecified atom stereocenters. The van der Waals surface area contributed by atoms with Gasteiger partial charge in [-0.15, -0.1) is 0 Å². The SMILES string of the molecule is CCCCS(=O)(=O)N1CCN(c2ccnc(N3CCCCC3)n2)CC1. The van der Waals surface area contributed by atoms with Crippen LogP contribution in [-0.4, -0.2) is 67.7 Å². The number of hydrogen-bond acceptors (Lipinski definition) is 6. The summed E-state index contributed by atoms with van der Waals surface area (Å²) in [5, 5.41) is 0. The number of aromatic nitrogens is 2. The van der Waals surface area contributed by atoms with Crippen LogP contribution in [0.3, 0.4) is 0 Å². The van der Waals surface area contributed by atoms with Crippen LogP contribution in [0.4, 0.5) is 11.8 Å². The quantitative estimate of drug-likeness (QED) is 0.762. The van der Waals surface area contributed by atoms with Gasteiger partial charge in [-0.2, -0.15) is 9.29 Å². The summed E-state index contributed by atoms with van der Waals surface area (Å²) in [5.41, 5.74) is 0. The molecule has 2 saturated heterocycles. The highest BCUT2D eigenvalue weighted by Gasteiger charge is 2.27. The van der Waals surface area contributed by atoms with Gasteiger partial charge in [0.05, 0.1) is 5.75 Å². The van der Waals surface area contributed by atoms with E-state index in [1.165, 1.54) is 19.3 Å². The normalized spacial score (nSPS) is 20.0. The molecule has 0 spiro atoms. The van der Waals surface area contributed by atoms with E-state index in [1.807, 2.05) is 19.2 Å². The number of piperazine rings is 1. The van der Waals surface area contributed by atoms with E-state index in [2.05, 4.69) is 14.8 Å². The Morgan fingerprint density at radius 3 is 2.40 bits per heavy atom. The molecule has 140 valence electrons. The molecule has 0 bridgehead atoms. The number of nitrogens with zero attached hydrogens (tertiary/aromatic N) is 5. The second kappa shape index (κ2) is 8.31. The number of anilines is 2. The predicted molar refractivity (Wildman–Crippen MR) is 101 cm³/mol. The molecule has 1 aromatic rings. The van der Waals surface area contributed by atoms with E-state index < -0.39 is 10.0 Å². The molecule has 0 amide bonds. The van der Waals surface area contributed by atoms with Crippen LogP contribution >= 0.6 is 0 Å². The van der Waals surface area contributed by atoms with E-state index in [0.29, 0.717) is 26.2 Å². The van der Waals surface area contributed by atoms with Crippen molar-refractivity contribution >= 4 is 21.8 Å². The van der Waals surface area contributed by atoms with Gasteiger partial charge in [0.15, 0.2) is 0 Å². The zero-order valence-electron chi connectivity index (χ0n) is 15.1. The summed E-state index contributed by atoms with van der Waals surface area (Å²) in [7, 11) is -3.11. The van der Waals surface area contributed by atoms with Gasteiger partial charge in [0.2, 0.25) is 16.0 Å². The van der Waals surface area contributed by atoms with Crippen molar-refractivity contribution in [1.82, 2.24) is 14.3 Å². The Kier molecular flexibility index (Phi) is 6.11. The molecule has 25 heavy (non-hydrogen) atoms.